The van der Waals surface area contributed by atoms with E-state index in [0.717, 1.165) is 37.1 Å². The van der Waals surface area contributed by atoms with Crippen molar-refractivity contribution in [3.8, 4) is 0 Å². The lowest BCUT2D eigenvalue weighted by Crippen LogP contribution is -2.46. The molecular formula is C26H34N4O4. The molecule has 2 aromatic rings. The largest absolute Gasteiger partial charge is 0.477 e. The first kappa shape index (κ1) is 22.0. The lowest BCUT2D eigenvalue weighted by molar-refractivity contribution is 0.0138. The van der Waals surface area contributed by atoms with Gasteiger partial charge in [-0.2, -0.15) is 0 Å². The standard InChI is InChI=1S/C26H34N4O4/c1-15-11-22(25(31)32)28-26(27-15)30-18-9-10-19(30)13-20(12-18)33-14-21-23(16-5-3-2-4-6-16)29-34-24(21)17-7-8-17/h11,16-20H,2-10,12-14H2,1H3,(H,31,32)/t18-,19?,20?/m0/s1. The van der Waals surface area contributed by atoms with E-state index in [9.17, 15) is 9.90 Å². The van der Waals surface area contributed by atoms with Crippen molar-refractivity contribution in [3.05, 3.63) is 34.5 Å². The predicted octanol–water partition coefficient (Wildman–Crippen LogP) is 5.11. The number of carboxylic acid groups (broad SMARTS) is 1. The van der Waals surface area contributed by atoms with Gasteiger partial charge in [-0.05, 0) is 64.4 Å². The summed E-state index contributed by atoms with van der Waals surface area (Å²) in [7, 11) is 0. The maximum absolute atomic E-state index is 11.5. The van der Waals surface area contributed by atoms with Crippen LogP contribution >= 0.6 is 0 Å². The summed E-state index contributed by atoms with van der Waals surface area (Å²) in [6.45, 7) is 2.42. The Bertz CT molecular complexity index is 1050. The Morgan fingerprint density at radius 3 is 2.47 bits per heavy atom. The number of ether oxygens (including phenoxy) is 1. The third-order valence-electron chi connectivity index (χ3n) is 8.23. The van der Waals surface area contributed by atoms with Gasteiger partial charge in [-0.25, -0.2) is 14.8 Å². The highest BCUT2D eigenvalue weighted by molar-refractivity contribution is 5.85. The summed E-state index contributed by atoms with van der Waals surface area (Å²) in [5.41, 5.74) is 3.15. The number of rotatable bonds is 7. The molecule has 2 aromatic heterocycles. The molecule has 3 atom stereocenters. The monoisotopic (exact) mass is 466 g/mol. The Labute approximate surface area is 200 Å². The van der Waals surface area contributed by atoms with Crippen LogP contribution in [0, 0.1) is 6.92 Å². The van der Waals surface area contributed by atoms with E-state index in [-0.39, 0.29) is 23.9 Å². The van der Waals surface area contributed by atoms with Crippen molar-refractivity contribution in [1.82, 2.24) is 15.1 Å². The number of nitrogens with zero attached hydrogens (tertiary/aromatic N) is 4. The highest BCUT2D eigenvalue weighted by Gasteiger charge is 2.43. The average Bonchev–Trinajstić information content (AvgIpc) is 3.53. The van der Waals surface area contributed by atoms with Crippen molar-refractivity contribution < 1.29 is 19.2 Å². The number of hydrogen-bond donors (Lipinski definition) is 1. The maximum atomic E-state index is 11.5. The number of carboxylic acids is 1. The Kier molecular flexibility index (Phi) is 5.79. The molecule has 2 aliphatic carbocycles. The highest BCUT2D eigenvalue weighted by Crippen LogP contribution is 2.46. The molecule has 0 amide bonds. The molecule has 4 aliphatic rings. The summed E-state index contributed by atoms with van der Waals surface area (Å²) in [6, 6.07) is 2.11. The van der Waals surface area contributed by atoms with E-state index in [4.69, 9.17) is 9.26 Å². The lowest BCUT2D eigenvalue weighted by atomic mass is 9.85. The second kappa shape index (κ2) is 8.95. The number of carbonyl (C=O) groups is 1. The fourth-order valence-electron chi connectivity index (χ4n) is 6.41. The zero-order valence-corrected chi connectivity index (χ0v) is 19.9. The molecule has 0 radical (unpaired) electrons. The van der Waals surface area contributed by atoms with Gasteiger partial charge in [0, 0.05) is 35.2 Å². The molecule has 2 aliphatic heterocycles. The van der Waals surface area contributed by atoms with Crippen molar-refractivity contribution in [3.63, 3.8) is 0 Å². The van der Waals surface area contributed by atoms with Crippen LogP contribution in [0.5, 0.6) is 0 Å². The van der Waals surface area contributed by atoms with Gasteiger partial charge in [0.05, 0.1) is 18.4 Å². The zero-order chi connectivity index (χ0) is 23.2. The van der Waals surface area contributed by atoms with E-state index < -0.39 is 5.97 Å². The van der Waals surface area contributed by atoms with E-state index >= 15 is 0 Å². The minimum atomic E-state index is -1.01. The maximum Gasteiger partial charge on any atom is 0.354 e. The molecule has 4 heterocycles. The van der Waals surface area contributed by atoms with Gasteiger partial charge in [-0.1, -0.05) is 24.4 Å². The summed E-state index contributed by atoms with van der Waals surface area (Å²) in [5.74, 6) is 1.67. The third-order valence-corrected chi connectivity index (χ3v) is 8.23. The zero-order valence-electron chi connectivity index (χ0n) is 19.9. The van der Waals surface area contributed by atoms with Gasteiger partial charge < -0.3 is 19.3 Å². The molecule has 2 unspecified atom stereocenters. The first-order valence-electron chi connectivity index (χ1n) is 13.0. The summed E-state index contributed by atoms with van der Waals surface area (Å²) >= 11 is 0. The van der Waals surface area contributed by atoms with Crippen molar-refractivity contribution in [2.75, 3.05) is 4.90 Å². The van der Waals surface area contributed by atoms with Crippen molar-refractivity contribution in [2.24, 2.45) is 0 Å². The van der Waals surface area contributed by atoms with Gasteiger partial charge in [0.1, 0.15) is 5.76 Å². The Hall–Kier alpha value is -2.48. The van der Waals surface area contributed by atoms with Crippen LogP contribution in [0.15, 0.2) is 10.6 Å². The Morgan fingerprint density at radius 1 is 1.06 bits per heavy atom. The van der Waals surface area contributed by atoms with Crippen molar-refractivity contribution in [1.29, 1.82) is 0 Å². The molecule has 182 valence electrons. The Morgan fingerprint density at radius 2 is 1.79 bits per heavy atom. The first-order chi connectivity index (χ1) is 16.6. The summed E-state index contributed by atoms with van der Waals surface area (Å²) in [5, 5.41) is 14.0. The SMILES string of the molecule is Cc1cc(C(=O)O)nc(N2C3CC[C@H]2CC(OCc2c(C4CCCCC4)noc2C2CC2)C3)n1. The highest BCUT2D eigenvalue weighted by atomic mass is 16.5. The van der Waals surface area contributed by atoms with Crippen LogP contribution in [-0.2, 0) is 11.3 Å². The van der Waals surface area contributed by atoms with Crippen LogP contribution in [-0.4, -0.2) is 44.4 Å². The number of aromatic carboxylic acids is 1. The molecule has 8 nitrogen and oxygen atoms in total. The molecule has 4 fully saturated rings. The molecule has 0 spiro atoms. The number of fused-ring (bicyclic) bond motifs is 2. The average molecular weight is 467 g/mol. The molecule has 8 heteroatoms. The number of anilines is 1. The number of piperidine rings is 1. The first-order valence-corrected chi connectivity index (χ1v) is 13.0. The van der Waals surface area contributed by atoms with Gasteiger partial charge in [-0.3, -0.25) is 0 Å². The van der Waals surface area contributed by atoms with Crippen LogP contribution in [0.3, 0.4) is 0 Å². The van der Waals surface area contributed by atoms with Gasteiger partial charge in [0.25, 0.3) is 0 Å². The van der Waals surface area contributed by atoms with Gasteiger partial charge in [-0.15, -0.1) is 0 Å². The van der Waals surface area contributed by atoms with Crippen LogP contribution < -0.4 is 4.90 Å². The van der Waals surface area contributed by atoms with Crippen molar-refractivity contribution >= 4 is 11.9 Å². The molecule has 1 N–H and O–H groups in total. The quantitative estimate of drug-likeness (QED) is 0.600. The fraction of sp³-hybridized carbons (Fsp3) is 0.692. The van der Waals surface area contributed by atoms with Gasteiger partial charge in [0.2, 0.25) is 5.95 Å². The minimum Gasteiger partial charge on any atom is -0.477 e. The minimum absolute atomic E-state index is 0.0654. The third kappa shape index (κ3) is 4.21. The smallest absolute Gasteiger partial charge is 0.354 e. The summed E-state index contributed by atoms with van der Waals surface area (Å²) in [4.78, 5) is 22.7. The van der Waals surface area contributed by atoms with Gasteiger partial charge >= 0.3 is 5.97 Å². The number of hydrogen-bond acceptors (Lipinski definition) is 7. The molecule has 0 aromatic carbocycles. The van der Waals surface area contributed by atoms with Crippen LogP contribution in [0.1, 0.15) is 116 Å². The second-order valence-electron chi connectivity index (χ2n) is 10.7. The molecular weight excluding hydrogens is 432 g/mol. The van der Waals surface area contributed by atoms with Gasteiger partial charge in [0.15, 0.2) is 5.69 Å². The van der Waals surface area contributed by atoms with Crippen LogP contribution in [0.4, 0.5) is 5.95 Å². The van der Waals surface area contributed by atoms with E-state index in [2.05, 4.69) is 20.0 Å². The Balaban J connectivity index is 1.16. The van der Waals surface area contributed by atoms with Crippen LogP contribution in [0.25, 0.3) is 0 Å². The molecule has 2 saturated heterocycles. The normalized spacial score (nSPS) is 27.3. The second-order valence-corrected chi connectivity index (χ2v) is 10.7. The topological polar surface area (TPSA) is 102 Å². The van der Waals surface area contributed by atoms with Crippen LogP contribution in [0.2, 0.25) is 0 Å². The summed E-state index contributed by atoms with van der Waals surface area (Å²) in [6.07, 6.45) is 12.9. The lowest BCUT2D eigenvalue weighted by Gasteiger charge is -2.39. The number of aromatic nitrogens is 3. The van der Waals surface area contributed by atoms with Crippen molar-refractivity contribution in [2.45, 2.75) is 114 Å². The molecule has 2 saturated carbocycles. The summed E-state index contributed by atoms with van der Waals surface area (Å²) < 4.78 is 12.4. The van der Waals surface area contributed by atoms with E-state index in [1.165, 1.54) is 56.6 Å². The number of aryl methyl sites for hydroxylation is 1. The fourth-order valence-corrected chi connectivity index (χ4v) is 6.41. The molecule has 34 heavy (non-hydrogen) atoms. The van der Waals surface area contributed by atoms with E-state index in [1.807, 2.05) is 6.92 Å². The van der Waals surface area contributed by atoms with E-state index in [1.54, 1.807) is 0 Å². The molecule has 2 bridgehead atoms. The predicted molar refractivity (Wildman–Crippen MR) is 125 cm³/mol. The van der Waals surface area contributed by atoms with E-state index in [0.29, 0.717) is 30.1 Å². The molecule has 6 rings (SSSR count).